The monoisotopic (exact) mass is 849 g/mol. The van der Waals surface area contributed by atoms with E-state index in [2.05, 4.69) is 10.6 Å². The number of ether oxygens (including phenoxy) is 1. The summed E-state index contributed by atoms with van der Waals surface area (Å²) in [6, 6.07) is 29.0. The van der Waals surface area contributed by atoms with Gasteiger partial charge in [0.2, 0.25) is 11.8 Å². The molecule has 2 aliphatic rings. The van der Waals surface area contributed by atoms with Crippen molar-refractivity contribution in [2.45, 2.75) is 89.1 Å². The number of carboxylic acid groups (broad SMARTS) is 2. The molecule has 3 amide bonds. The summed E-state index contributed by atoms with van der Waals surface area (Å²) in [5.74, 6) is -2.21. The van der Waals surface area contributed by atoms with E-state index >= 15 is 0 Å². The number of carbonyl (C=O) groups excluding carboxylic acids is 3. The van der Waals surface area contributed by atoms with Crippen molar-refractivity contribution in [2.24, 2.45) is 0 Å². The zero-order valence-corrected chi connectivity index (χ0v) is 35.1. The Labute approximate surface area is 358 Å². The normalized spacial score (nSPS) is 15.3. The molecule has 0 spiro atoms. The lowest BCUT2D eigenvalue weighted by Crippen LogP contribution is -2.39. The first-order valence-electron chi connectivity index (χ1n) is 20.5. The van der Waals surface area contributed by atoms with Crippen molar-refractivity contribution in [3.05, 3.63) is 141 Å². The highest BCUT2D eigenvalue weighted by Crippen LogP contribution is 2.40. The summed E-state index contributed by atoms with van der Waals surface area (Å²) >= 11 is 2.55. The van der Waals surface area contributed by atoms with Crippen molar-refractivity contribution in [3.63, 3.8) is 0 Å². The molecule has 1 aliphatic carbocycles. The Bertz CT molecular complexity index is 2200. The first kappa shape index (κ1) is 43.8. The number of hydrogen-bond donors (Lipinski definition) is 4. The van der Waals surface area contributed by atoms with Crippen LogP contribution in [0.5, 0.6) is 0 Å². The number of benzene rings is 3. The van der Waals surface area contributed by atoms with Gasteiger partial charge >= 0.3 is 18.0 Å². The van der Waals surface area contributed by atoms with Crippen LogP contribution < -0.4 is 10.6 Å². The molecule has 5 aromatic rings. The minimum atomic E-state index is -1.08. The van der Waals surface area contributed by atoms with Gasteiger partial charge in [0, 0.05) is 31.8 Å². The van der Waals surface area contributed by atoms with Crippen LogP contribution in [0, 0.1) is 0 Å². The molecule has 0 bridgehead atoms. The van der Waals surface area contributed by atoms with Gasteiger partial charge in [-0.1, -0.05) is 110 Å². The average molecular weight is 850 g/mol. The Balaban J connectivity index is 0.000000213. The van der Waals surface area contributed by atoms with E-state index in [0.29, 0.717) is 59.4 Å². The molecule has 2 aromatic heterocycles. The van der Waals surface area contributed by atoms with E-state index in [9.17, 15) is 34.2 Å². The number of nitrogens with one attached hydrogen (secondary N) is 2. The minimum absolute atomic E-state index is 0.118. The van der Waals surface area contributed by atoms with Crippen molar-refractivity contribution >= 4 is 62.5 Å². The number of aromatic carboxylic acids is 2. The summed E-state index contributed by atoms with van der Waals surface area (Å²) in [7, 11) is 0. The minimum Gasteiger partial charge on any atom is -0.478 e. The molecule has 7 rings (SSSR count). The van der Waals surface area contributed by atoms with E-state index in [1.807, 2.05) is 96.4 Å². The Hall–Kier alpha value is -5.79. The highest BCUT2D eigenvalue weighted by atomic mass is 32.1. The number of aryl methyl sites for hydroxylation is 2. The third-order valence-corrected chi connectivity index (χ3v) is 12.7. The van der Waals surface area contributed by atoms with Crippen molar-refractivity contribution in [1.29, 1.82) is 0 Å². The van der Waals surface area contributed by atoms with Crippen LogP contribution in [0.4, 0.5) is 14.8 Å². The van der Waals surface area contributed by atoms with Crippen LogP contribution in [-0.4, -0.2) is 58.0 Å². The fourth-order valence-corrected chi connectivity index (χ4v) is 9.87. The maximum absolute atomic E-state index is 12.6. The lowest BCUT2D eigenvalue weighted by Gasteiger charge is -2.32. The molecule has 3 aromatic carbocycles. The van der Waals surface area contributed by atoms with E-state index in [4.69, 9.17) is 4.74 Å². The van der Waals surface area contributed by atoms with Crippen LogP contribution >= 0.6 is 22.7 Å². The summed E-state index contributed by atoms with van der Waals surface area (Å²) in [6.45, 7) is 1.14. The second kappa shape index (κ2) is 22.0. The van der Waals surface area contributed by atoms with Gasteiger partial charge in [-0.15, -0.1) is 22.7 Å². The Morgan fingerprint density at radius 2 is 1.05 bits per heavy atom. The maximum Gasteiger partial charge on any atom is 0.410 e. The van der Waals surface area contributed by atoms with Gasteiger partial charge in [-0.3, -0.25) is 9.59 Å². The number of likely N-dealkylation sites (tertiary alicyclic amines) is 1. The van der Waals surface area contributed by atoms with E-state index in [0.717, 1.165) is 60.8 Å². The van der Waals surface area contributed by atoms with Gasteiger partial charge in [-0.2, -0.15) is 0 Å². The molecule has 0 radical (unpaired) electrons. The van der Waals surface area contributed by atoms with Gasteiger partial charge in [0.1, 0.15) is 16.6 Å². The molecule has 60 heavy (non-hydrogen) atoms. The third kappa shape index (κ3) is 12.4. The van der Waals surface area contributed by atoms with E-state index in [1.54, 1.807) is 10.3 Å². The molecule has 11 nitrogen and oxygen atoms in total. The molecule has 13 heteroatoms. The van der Waals surface area contributed by atoms with E-state index < -0.39 is 18.0 Å². The molecule has 314 valence electrons. The number of amides is 3. The highest BCUT2D eigenvalue weighted by molar-refractivity contribution is 7.15. The van der Waals surface area contributed by atoms with Crippen molar-refractivity contribution in [2.75, 3.05) is 23.7 Å². The van der Waals surface area contributed by atoms with Crippen LogP contribution in [0.1, 0.15) is 118 Å². The lowest BCUT2D eigenvalue weighted by atomic mass is 9.83. The largest absolute Gasteiger partial charge is 0.478 e. The molecule has 3 heterocycles. The van der Waals surface area contributed by atoms with Gasteiger partial charge < -0.3 is 30.5 Å². The molecule has 1 atom stereocenters. The van der Waals surface area contributed by atoms with Crippen molar-refractivity contribution < 1.29 is 38.9 Å². The predicted molar refractivity (Wildman–Crippen MR) is 235 cm³/mol. The number of anilines is 2. The Morgan fingerprint density at radius 1 is 0.600 bits per heavy atom. The molecule has 4 N–H and O–H groups in total. The fourth-order valence-electron chi connectivity index (χ4n) is 7.77. The number of carbonyl (C=O) groups is 5. The first-order valence-corrected chi connectivity index (χ1v) is 22.2. The SMILES string of the molecule is O=C(CCc1ccccc1)Nc1scc(C2CCCCC2)c1C(=O)O.O=C(CCc1ccccc1)Nc1scc(C2CCCN(C(=O)OCc3ccccc3)C2)c1C(=O)O. The lowest BCUT2D eigenvalue weighted by molar-refractivity contribution is -0.117. The highest BCUT2D eigenvalue weighted by Gasteiger charge is 2.31. The summed E-state index contributed by atoms with van der Waals surface area (Å²) in [5.41, 5.74) is 5.03. The number of rotatable bonds is 14. The van der Waals surface area contributed by atoms with Crippen LogP contribution in [-0.2, 0) is 33.8 Å². The predicted octanol–water partition coefficient (Wildman–Crippen LogP) is 10.6. The molecule has 2 fully saturated rings. The van der Waals surface area contributed by atoms with Crippen LogP contribution in [0.25, 0.3) is 0 Å². The van der Waals surface area contributed by atoms with Crippen LogP contribution in [0.3, 0.4) is 0 Å². The quantitative estimate of drug-likeness (QED) is 0.0858. The fraction of sp³-hybridized carbons (Fsp3) is 0.340. The van der Waals surface area contributed by atoms with Crippen molar-refractivity contribution in [1.82, 2.24) is 4.90 Å². The smallest absolute Gasteiger partial charge is 0.410 e. The van der Waals surface area contributed by atoms with E-state index in [1.165, 1.54) is 29.1 Å². The number of hydrogen-bond acceptors (Lipinski definition) is 8. The van der Waals surface area contributed by atoms with Crippen LogP contribution in [0.2, 0.25) is 0 Å². The third-order valence-electron chi connectivity index (χ3n) is 10.9. The average Bonchev–Trinajstić information content (AvgIpc) is 3.90. The maximum atomic E-state index is 12.6. The summed E-state index contributed by atoms with van der Waals surface area (Å²) < 4.78 is 5.47. The molecular weight excluding hydrogens is 799 g/mol. The van der Waals surface area contributed by atoms with Crippen LogP contribution in [0.15, 0.2) is 102 Å². The van der Waals surface area contributed by atoms with E-state index in [-0.39, 0.29) is 36.3 Å². The summed E-state index contributed by atoms with van der Waals surface area (Å²) in [5, 5.41) is 29.7. The summed E-state index contributed by atoms with van der Waals surface area (Å²) in [6.07, 6.45) is 8.56. The van der Waals surface area contributed by atoms with Crippen molar-refractivity contribution in [3.8, 4) is 0 Å². The standard InChI is InChI=1S/C27H28N2O5S.C20H23NO3S/c30-23(14-13-19-8-3-1-4-9-19)28-25-24(26(31)32)22(18-35-25)21-12-7-15-29(16-21)27(33)34-17-20-10-5-2-6-11-20;22-17(12-11-14-7-3-1-4-8-14)21-19-18(20(23)24)16(13-25-19)15-9-5-2-6-10-15/h1-6,8-11,18,21H,7,12-17H2,(H,28,30)(H,31,32);1,3-4,7-8,13,15H,2,5-6,9-12H2,(H,21,22)(H,23,24). The summed E-state index contributed by atoms with van der Waals surface area (Å²) in [4.78, 5) is 62.9. The number of nitrogens with zero attached hydrogens (tertiary/aromatic N) is 1. The van der Waals surface area contributed by atoms with Gasteiger partial charge in [0.15, 0.2) is 0 Å². The van der Waals surface area contributed by atoms with Gasteiger partial charge in [0.25, 0.3) is 0 Å². The zero-order valence-electron chi connectivity index (χ0n) is 33.5. The number of piperidine rings is 1. The molecular formula is C47H51N3O8S2. The topological polar surface area (TPSA) is 162 Å². The molecule has 1 saturated heterocycles. The molecule has 1 aliphatic heterocycles. The number of carboxylic acids is 2. The molecule has 1 unspecified atom stereocenters. The second-order valence-corrected chi connectivity index (χ2v) is 16.9. The second-order valence-electron chi connectivity index (χ2n) is 15.1. The Morgan fingerprint density at radius 3 is 1.53 bits per heavy atom. The van der Waals surface area contributed by atoms with Gasteiger partial charge in [0.05, 0.1) is 11.1 Å². The molecule has 1 saturated carbocycles. The van der Waals surface area contributed by atoms with Gasteiger partial charge in [-0.05, 0) is 83.0 Å². The van der Waals surface area contributed by atoms with Gasteiger partial charge in [-0.25, -0.2) is 14.4 Å². The first-order chi connectivity index (χ1) is 29.2. The zero-order chi connectivity index (χ0) is 42.3. The number of thiophene rings is 2. The Kier molecular flexibility index (Phi) is 16.0.